The molecule has 0 spiro atoms. The van der Waals surface area contributed by atoms with Crippen molar-refractivity contribution < 1.29 is 0 Å². The Balaban J connectivity index is 1.49. The molecule has 0 radical (unpaired) electrons. The molecule has 0 atom stereocenters. The van der Waals surface area contributed by atoms with E-state index in [0.29, 0.717) is 16.0 Å². The minimum Gasteiger partial charge on any atom is -0.368 e. The Morgan fingerprint density at radius 2 is 1.80 bits per heavy atom. The molecule has 1 aromatic heterocycles. The van der Waals surface area contributed by atoms with Crippen molar-refractivity contribution in [2.75, 3.05) is 60.5 Å². The lowest BCUT2D eigenvalue weighted by atomic mass is 10.2. The van der Waals surface area contributed by atoms with Gasteiger partial charge in [0.1, 0.15) is 5.82 Å². The number of halogens is 2. The summed E-state index contributed by atoms with van der Waals surface area (Å²) in [4.78, 5) is 14.1. The van der Waals surface area contributed by atoms with E-state index >= 15 is 0 Å². The van der Waals surface area contributed by atoms with Crippen LogP contribution in [0.5, 0.6) is 0 Å². The summed E-state index contributed by atoms with van der Waals surface area (Å²) in [5.41, 5.74) is 1.81. The second kappa shape index (κ2) is 9.92. The fraction of sp³-hybridized carbons (Fsp3) is 0.333. The van der Waals surface area contributed by atoms with Gasteiger partial charge in [0.05, 0.1) is 10.5 Å². The highest BCUT2D eigenvalue weighted by Crippen LogP contribution is 2.32. The van der Waals surface area contributed by atoms with Crippen LogP contribution in [-0.2, 0) is 0 Å². The third kappa shape index (κ3) is 5.21. The molecule has 1 fully saturated rings. The summed E-state index contributed by atoms with van der Waals surface area (Å²) in [5, 5.41) is 5.41. The first-order chi connectivity index (χ1) is 14.6. The highest BCUT2D eigenvalue weighted by Gasteiger charge is 2.19. The van der Waals surface area contributed by atoms with Gasteiger partial charge in [0.2, 0.25) is 5.95 Å². The van der Waals surface area contributed by atoms with Gasteiger partial charge in [-0.05, 0) is 31.3 Å². The van der Waals surface area contributed by atoms with Crippen molar-refractivity contribution in [2.45, 2.75) is 0 Å². The van der Waals surface area contributed by atoms with E-state index in [4.69, 9.17) is 33.2 Å². The zero-order chi connectivity index (χ0) is 20.9. The molecule has 2 N–H and O–H groups in total. The molecular formula is C21H24Cl2N6S. The van der Waals surface area contributed by atoms with Crippen LogP contribution in [-0.4, -0.2) is 60.4 Å². The Kier molecular flexibility index (Phi) is 7.04. The van der Waals surface area contributed by atoms with Gasteiger partial charge in [-0.15, -0.1) is 0 Å². The van der Waals surface area contributed by atoms with Crippen molar-refractivity contribution in [1.82, 2.24) is 14.9 Å². The number of benzene rings is 2. The number of nitrogens with zero attached hydrogens (tertiary/aromatic N) is 4. The zero-order valence-corrected chi connectivity index (χ0v) is 19.1. The van der Waals surface area contributed by atoms with Crippen LogP contribution in [0.2, 0.25) is 10.0 Å². The van der Waals surface area contributed by atoms with E-state index in [-0.39, 0.29) is 0 Å². The van der Waals surface area contributed by atoms with E-state index in [1.807, 2.05) is 36.4 Å². The smallest absolute Gasteiger partial charge is 0.228 e. The summed E-state index contributed by atoms with van der Waals surface area (Å²) in [6.07, 6.45) is 0. The Hall–Kier alpha value is -1.93. The molecular weight excluding hydrogens is 439 g/mol. The van der Waals surface area contributed by atoms with Crippen molar-refractivity contribution in [3.63, 3.8) is 0 Å². The molecule has 0 unspecified atom stereocenters. The summed E-state index contributed by atoms with van der Waals surface area (Å²) in [5.74, 6) is 2.33. The number of likely N-dealkylation sites (N-methyl/N-ethyl adjacent to an activating group) is 1. The van der Waals surface area contributed by atoms with Crippen LogP contribution in [0.25, 0.3) is 10.9 Å². The largest absolute Gasteiger partial charge is 0.368 e. The highest BCUT2D eigenvalue weighted by molar-refractivity contribution is 8.00. The molecule has 1 saturated heterocycles. The molecule has 1 aliphatic heterocycles. The summed E-state index contributed by atoms with van der Waals surface area (Å²) < 4.78 is 3.34. The molecule has 0 saturated carbocycles. The van der Waals surface area contributed by atoms with Crippen molar-refractivity contribution in [3.8, 4) is 0 Å². The van der Waals surface area contributed by atoms with Gasteiger partial charge in [0.25, 0.3) is 0 Å². The van der Waals surface area contributed by atoms with Gasteiger partial charge in [0, 0.05) is 54.6 Å². The van der Waals surface area contributed by atoms with Gasteiger partial charge >= 0.3 is 0 Å². The molecule has 30 heavy (non-hydrogen) atoms. The predicted molar refractivity (Wildman–Crippen MR) is 130 cm³/mol. The quantitative estimate of drug-likeness (QED) is 0.383. The molecule has 2 aromatic carbocycles. The molecule has 4 rings (SSSR count). The van der Waals surface area contributed by atoms with Crippen LogP contribution in [0.15, 0.2) is 42.5 Å². The maximum atomic E-state index is 6.48. The lowest BCUT2D eigenvalue weighted by Crippen LogP contribution is -2.45. The van der Waals surface area contributed by atoms with E-state index in [1.165, 1.54) is 0 Å². The van der Waals surface area contributed by atoms with E-state index in [9.17, 15) is 0 Å². The molecule has 158 valence electrons. The topological polar surface area (TPSA) is 56.3 Å². The number of hydrogen-bond donors (Lipinski definition) is 2. The number of fused-ring (bicyclic) bond motifs is 1. The van der Waals surface area contributed by atoms with Gasteiger partial charge in [-0.3, -0.25) is 0 Å². The maximum absolute atomic E-state index is 6.48. The van der Waals surface area contributed by atoms with Crippen LogP contribution >= 0.6 is 35.1 Å². The zero-order valence-electron chi connectivity index (χ0n) is 16.7. The van der Waals surface area contributed by atoms with Crippen LogP contribution in [0, 0.1) is 0 Å². The molecule has 3 aromatic rings. The molecule has 0 aliphatic carbocycles. The summed E-state index contributed by atoms with van der Waals surface area (Å²) in [7, 11) is 2.13. The lowest BCUT2D eigenvalue weighted by molar-refractivity contribution is 0.311. The van der Waals surface area contributed by atoms with E-state index in [1.54, 1.807) is 18.0 Å². The second-order valence-electron chi connectivity index (χ2n) is 7.19. The van der Waals surface area contributed by atoms with E-state index < -0.39 is 0 Å². The van der Waals surface area contributed by atoms with Crippen molar-refractivity contribution >= 4 is 63.5 Å². The van der Waals surface area contributed by atoms with Crippen LogP contribution in [0.1, 0.15) is 0 Å². The van der Waals surface area contributed by atoms with Crippen molar-refractivity contribution in [1.29, 1.82) is 0 Å². The lowest BCUT2D eigenvalue weighted by Gasteiger charge is -2.32. The third-order valence-corrected chi connectivity index (χ3v) is 6.25. The number of hydrogen-bond acceptors (Lipinski definition) is 7. The average molecular weight is 463 g/mol. The Labute approximate surface area is 191 Å². The van der Waals surface area contributed by atoms with Crippen LogP contribution in [0.4, 0.5) is 17.5 Å². The first-order valence-electron chi connectivity index (χ1n) is 9.87. The number of rotatable bonds is 7. The fourth-order valence-electron chi connectivity index (χ4n) is 3.29. The Morgan fingerprint density at radius 3 is 2.57 bits per heavy atom. The first-order valence-corrected chi connectivity index (χ1v) is 11.6. The number of piperazine rings is 1. The molecule has 0 amide bonds. The third-order valence-electron chi connectivity index (χ3n) is 4.95. The first kappa shape index (κ1) is 21.3. The Morgan fingerprint density at radius 1 is 1.03 bits per heavy atom. The normalized spacial score (nSPS) is 14.8. The highest BCUT2D eigenvalue weighted by atomic mass is 35.5. The molecule has 1 aliphatic rings. The van der Waals surface area contributed by atoms with Gasteiger partial charge < -0.3 is 19.8 Å². The monoisotopic (exact) mass is 462 g/mol. The molecule has 0 bridgehead atoms. The molecule has 6 nitrogen and oxygen atoms in total. The van der Waals surface area contributed by atoms with Gasteiger partial charge in [0.15, 0.2) is 0 Å². The van der Waals surface area contributed by atoms with Crippen LogP contribution < -0.4 is 14.9 Å². The minimum absolute atomic E-state index is 0.540. The standard InChI is InChI=1S/C21H24Cl2N6S/c1-28-8-10-29(11-9-28)21-25-19-17(13-15(22)14-18(19)23)20(26-21)24-7-12-30-27-16-5-3-2-4-6-16/h2-6,13-14,27H,7-12H2,1H3,(H,24,25,26). The van der Waals surface area contributed by atoms with Gasteiger partial charge in [-0.25, -0.2) is 4.98 Å². The van der Waals surface area contributed by atoms with Crippen molar-refractivity contribution in [3.05, 3.63) is 52.5 Å². The summed E-state index contributed by atoms with van der Waals surface area (Å²) >= 11 is 14.4. The number of aromatic nitrogens is 2. The SMILES string of the molecule is CN1CCN(c2nc(NCCSNc3ccccc3)c3cc(Cl)cc(Cl)c3n2)CC1. The van der Waals surface area contributed by atoms with E-state index in [0.717, 1.165) is 60.9 Å². The van der Waals surface area contributed by atoms with Gasteiger partial charge in [-0.2, -0.15) is 4.98 Å². The minimum atomic E-state index is 0.540. The number of nitrogens with one attached hydrogen (secondary N) is 2. The summed E-state index contributed by atoms with van der Waals surface area (Å²) in [6.45, 7) is 4.50. The van der Waals surface area contributed by atoms with Crippen LogP contribution in [0.3, 0.4) is 0 Å². The van der Waals surface area contributed by atoms with Gasteiger partial charge in [-0.1, -0.05) is 53.3 Å². The predicted octanol–water partition coefficient (Wildman–Crippen LogP) is 4.86. The number of anilines is 3. The molecule has 2 heterocycles. The summed E-state index contributed by atoms with van der Waals surface area (Å²) in [6, 6.07) is 13.7. The number of para-hydroxylation sites is 1. The fourth-order valence-corrected chi connectivity index (χ4v) is 4.43. The Bertz CT molecular complexity index is 996. The molecule has 9 heteroatoms. The maximum Gasteiger partial charge on any atom is 0.228 e. The van der Waals surface area contributed by atoms with E-state index in [2.05, 4.69) is 26.9 Å². The second-order valence-corrected chi connectivity index (χ2v) is 8.93. The van der Waals surface area contributed by atoms with Crippen molar-refractivity contribution in [2.24, 2.45) is 0 Å². The average Bonchev–Trinajstić information content (AvgIpc) is 2.75.